The van der Waals surface area contributed by atoms with Gasteiger partial charge in [-0.15, -0.1) is 0 Å². The van der Waals surface area contributed by atoms with Crippen LogP contribution in [0.5, 0.6) is 0 Å². The average molecular weight is 271 g/mol. The highest BCUT2D eigenvalue weighted by molar-refractivity contribution is 5.37. The molecule has 4 nitrogen and oxygen atoms in total. The molecule has 0 spiro atoms. The van der Waals surface area contributed by atoms with Crippen LogP contribution in [0.15, 0.2) is 28.7 Å². The van der Waals surface area contributed by atoms with Gasteiger partial charge in [0.25, 0.3) is 0 Å². The SMILES string of the molecule is CCc1nc(C)c(CNC2CC(N)c3ccccc32)o1. The monoisotopic (exact) mass is 271 g/mol. The molecule has 2 aromatic rings. The van der Waals surface area contributed by atoms with Crippen molar-refractivity contribution in [3.63, 3.8) is 0 Å². The summed E-state index contributed by atoms with van der Waals surface area (Å²) < 4.78 is 5.73. The van der Waals surface area contributed by atoms with Gasteiger partial charge in [0.15, 0.2) is 5.89 Å². The molecule has 0 saturated carbocycles. The summed E-state index contributed by atoms with van der Waals surface area (Å²) in [6, 6.07) is 8.83. The van der Waals surface area contributed by atoms with Crippen molar-refractivity contribution in [2.24, 2.45) is 5.73 Å². The van der Waals surface area contributed by atoms with E-state index in [1.54, 1.807) is 0 Å². The van der Waals surface area contributed by atoms with Crippen molar-refractivity contribution in [3.8, 4) is 0 Å². The van der Waals surface area contributed by atoms with Crippen LogP contribution in [0.2, 0.25) is 0 Å². The zero-order valence-electron chi connectivity index (χ0n) is 12.0. The van der Waals surface area contributed by atoms with E-state index in [4.69, 9.17) is 10.2 Å². The molecule has 0 amide bonds. The van der Waals surface area contributed by atoms with Crippen LogP contribution in [-0.4, -0.2) is 4.98 Å². The zero-order valence-corrected chi connectivity index (χ0v) is 12.0. The van der Waals surface area contributed by atoms with Crippen LogP contribution < -0.4 is 11.1 Å². The molecule has 3 N–H and O–H groups in total. The van der Waals surface area contributed by atoms with Gasteiger partial charge in [0.05, 0.1) is 12.2 Å². The first-order valence-corrected chi connectivity index (χ1v) is 7.22. The molecule has 1 aliphatic carbocycles. The fraction of sp³-hybridized carbons (Fsp3) is 0.438. The van der Waals surface area contributed by atoms with Crippen LogP contribution in [0.4, 0.5) is 0 Å². The molecule has 0 saturated heterocycles. The first kappa shape index (κ1) is 13.3. The Morgan fingerprint density at radius 3 is 2.80 bits per heavy atom. The van der Waals surface area contributed by atoms with E-state index in [9.17, 15) is 0 Å². The lowest BCUT2D eigenvalue weighted by molar-refractivity contribution is 0.414. The number of aromatic nitrogens is 1. The number of hydrogen-bond acceptors (Lipinski definition) is 4. The van der Waals surface area contributed by atoms with Gasteiger partial charge in [0.1, 0.15) is 5.76 Å². The van der Waals surface area contributed by atoms with E-state index in [1.165, 1.54) is 11.1 Å². The van der Waals surface area contributed by atoms with Gasteiger partial charge in [0.2, 0.25) is 0 Å². The molecule has 4 heteroatoms. The minimum absolute atomic E-state index is 0.130. The van der Waals surface area contributed by atoms with Gasteiger partial charge in [-0.05, 0) is 24.5 Å². The van der Waals surface area contributed by atoms with Crippen molar-refractivity contribution in [3.05, 3.63) is 52.7 Å². The highest BCUT2D eigenvalue weighted by Crippen LogP contribution is 2.37. The Morgan fingerprint density at radius 2 is 2.10 bits per heavy atom. The van der Waals surface area contributed by atoms with E-state index in [0.29, 0.717) is 12.6 Å². The minimum atomic E-state index is 0.130. The zero-order chi connectivity index (χ0) is 14.1. The number of benzene rings is 1. The minimum Gasteiger partial charge on any atom is -0.444 e. The Labute approximate surface area is 119 Å². The average Bonchev–Trinajstić information content (AvgIpc) is 2.98. The second kappa shape index (κ2) is 5.38. The summed E-state index contributed by atoms with van der Waals surface area (Å²) in [5, 5.41) is 3.55. The maximum Gasteiger partial charge on any atom is 0.194 e. The number of aryl methyl sites for hydroxylation is 2. The molecule has 2 atom stereocenters. The number of nitrogens with two attached hydrogens (primary N) is 1. The molecule has 1 aromatic heterocycles. The first-order valence-electron chi connectivity index (χ1n) is 7.22. The summed E-state index contributed by atoms with van der Waals surface area (Å²) in [5.41, 5.74) is 9.73. The van der Waals surface area contributed by atoms with E-state index < -0.39 is 0 Å². The number of oxazole rings is 1. The Morgan fingerprint density at radius 1 is 1.35 bits per heavy atom. The Balaban J connectivity index is 1.72. The second-order valence-electron chi connectivity index (χ2n) is 5.37. The molecule has 1 heterocycles. The predicted octanol–water partition coefficient (Wildman–Crippen LogP) is 2.78. The molecule has 106 valence electrons. The van der Waals surface area contributed by atoms with Crippen LogP contribution in [0.25, 0.3) is 0 Å². The van der Waals surface area contributed by atoms with E-state index in [2.05, 4.69) is 41.5 Å². The maximum atomic E-state index is 6.19. The summed E-state index contributed by atoms with van der Waals surface area (Å²) in [7, 11) is 0. The van der Waals surface area contributed by atoms with Crippen molar-refractivity contribution in [2.75, 3.05) is 0 Å². The van der Waals surface area contributed by atoms with Crippen LogP contribution in [0, 0.1) is 6.92 Å². The van der Waals surface area contributed by atoms with Crippen molar-refractivity contribution < 1.29 is 4.42 Å². The van der Waals surface area contributed by atoms with Gasteiger partial charge in [-0.2, -0.15) is 0 Å². The molecule has 0 aliphatic heterocycles. The number of nitrogens with zero attached hydrogens (tertiary/aromatic N) is 1. The Bertz CT molecular complexity index is 606. The van der Waals surface area contributed by atoms with E-state index in [-0.39, 0.29) is 6.04 Å². The number of hydrogen-bond donors (Lipinski definition) is 2. The van der Waals surface area contributed by atoms with Crippen LogP contribution in [0.1, 0.15) is 53.9 Å². The Kier molecular flexibility index (Phi) is 3.59. The lowest BCUT2D eigenvalue weighted by atomic mass is 10.1. The second-order valence-corrected chi connectivity index (χ2v) is 5.37. The van der Waals surface area contributed by atoms with Gasteiger partial charge in [0, 0.05) is 18.5 Å². The quantitative estimate of drug-likeness (QED) is 0.897. The van der Waals surface area contributed by atoms with Gasteiger partial charge in [-0.25, -0.2) is 4.98 Å². The fourth-order valence-corrected chi connectivity index (χ4v) is 2.89. The third-order valence-electron chi connectivity index (χ3n) is 4.01. The van der Waals surface area contributed by atoms with Crippen molar-refractivity contribution in [1.29, 1.82) is 0 Å². The largest absolute Gasteiger partial charge is 0.444 e. The molecular weight excluding hydrogens is 250 g/mol. The summed E-state index contributed by atoms with van der Waals surface area (Å²) in [4.78, 5) is 4.40. The highest BCUT2D eigenvalue weighted by Gasteiger charge is 2.28. The first-order chi connectivity index (χ1) is 9.69. The van der Waals surface area contributed by atoms with E-state index >= 15 is 0 Å². The van der Waals surface area contributed by atoms with Crippen molar-refractivity contribution in [2.45, 2.75) is 45.3 Å². The number of rotatable bonds is 4. The summed E-state index contributed by atoms with van der Waals surface area (Å²) in [6.07, 6.45) is 1.77. The van der Waals surface area contributed by atoms with E-state index in [0.717, 1.165) is 30.2 Å². The summed E-state index contributed by atoms with van der Waals surface area (Å²) in [6.45, 7) is 4.74. The maximum absolute atomic E-state index is 6.19. The normalized spacial score (nSPS) is 21.1. The number of nitrogens with one attached hydrogen (secondary N) is 1. The van der Waals surface area contributed by atoms with Crippen LogP contribution in [-0.2, 0) is 13.0 Å². The highest BCUT2D eigenvalue weighted by atomic mass is 16.4. The Hall–Kier alpha value is -1.65. The summed E-state index contributed by atoms with van der Waals surface area (Å²) in [5.74, 6) is 1.74. The molecule has 20 heavy (non-hydrogen) atoms. The molecule has 2 unspecified atom stereocenters. The molecule has 0 radical (unpaired) electrons. The molecule has 1 aromatic carbocycles. The van der Waals surface area contributed by atoms with Crippen LogP contribution in [0.3, 0.4) is 0 Å². The molecule has 0 bridgehead atoms. The molecule has 1 aliphatic rings. The van der Waals surface area contributed by atoms with Gasteiger partial charge < -0.3 is 15.5 Å². The predicted molar refractivity (Wildman–Crippen MR) is 78.2 cm³/mol. The molecular formula is C16H21N3O. The van der Waals surface area contributed by atoms with E-state index in [1.807, 2.05) is 6.92 Å². The third-order valence-corrected chi connectivity index (χ3v) is 4.01. The van der Waals surface area contributed by atoms with Gasteiger partial charge >= 0.3 is 0 Å². The summed E-state index contributed by atoms with van der Waals surface area (Å²) >= 11 is 0. The van der Waals surface area contributed by atoms with Crippen molar-refractivity contribution >= 4 is 0 Å². The smallest absolute Gasteiger partial charge is 0.194 e. The number of fused-ring (bicyclic) bond motifs is 1. The van der Waals surface area contributed by atoms with Crippen molar-refractivity contribution in [1.82, 2.24) is 10.3 Å². The topological polar surface area (TPSA) is 64.1 Å². The fourth-order valence-electron chi connectivity index (χ4n) is 2.89. The lowest BCUT2D eigenvalue weighted by Crippen LogP contribution is -2.19. The van der Waals surface area contributed by atoms with Gasteiger partial charge in [-0.1, -0.05) is 31.2 Å². The molecule has 0 fully saturated rings. The van der Waals surface area contributed by atoms with Crippen LogP contribution >= 0.6 is 0 Å². The molecule has 3 rings (SSSR count). The van der Waals surface area contributed by atoms with Gasteiger partial charge in [-0.3, -0.25) is 0 Å². The standard InChI is InChI=1S/C16H21N3O/c1-3-16-19-10(2)15(20-16)9-18-14-8-13(17)11-6-4-5-7-12(11)14/h4-7,13-14,18H,3,8-9,17H2,1-2H3. The lowest BCUT2D eigenvalue weighted by Gasteiger charge is -2.13. The third kappa shape index (κ3) is 2.37.